The van der Waals surface area contributed by atoms with Gasteiger partial charge in [0.25, 0.3) is 0 Å². The van der Waals surface area contributed by atoms with Crippen molar-refractivity contribution in [2.45, 2.75) is 19.7 Å². The van der Waals surface area contributed by atoms with Gasteiger partial charge in [0.2, 0.25) is 17.7 Å². The fourth-order valence-corrected chi connectivity index (χ4v) is 3.27. The molecule has 0 spiro atoms. The van der Waals surface area contributed by atoms with Crippen LogP contribution in [0.5, 0.6) is 5.88 Å². The zero-order valence-electron chi connectivity index (χ0n) is 19.8. The molecule has 0 aliphatic heterocycles. The second-order valence-corrected chi connectivity index (χ2v) is 8.61. The smallest absolute Gasteiger partial charge is 0.421 e. The molecule has 0 saturated carbocycles. The predicted molar refractivity (Wildman–Crippen MR) is 131 cm³/mol. The number of nitrogens with one attached hydrogen (secondary N) is 3. The number of anilines is 5. The number of methoxy groups -OCH3 is 1. The van der Waals surface area contributed by atoms with Crippen LogP contribution in [0.4, 0.5) is 42.0 Å². The lowest BCUT2D eigenvalue weighted by Crippen LogP contribution is -2.14. The highest BCUT2D eigenvalue weighted by Crippen LogP contribution is 2.37. The number of amides is 1. The van der Waals surface area contributed by atoms with E-state index in [4.69, 9.17) is 9.29 Å². The number of hydrogen-bond donors (Lipinski definition) is 4. The molecule has 16 heteroatoms. The first-order valence-corrected chi connectivity index (χ1v) is 11.8. The number of ether oxygens (including phenoxy) is 1. The van der Waals surface area contributed by atoms with E-state index in [-0.39, 0.29) is 34.5 Å². The molecule has 0 atom stereocenters. The largest absolute Gasteiger partial charge is 0.481 e. The van der Waals surface area contributed by atoms with Crippen molar-refractivity contribution in [1.82, 2.24) is 15.0 Å². The lowest BCUT2D eigenvalue weighted by molar-refractivity contribution is -0.137. The Labute approximate surface area is 214 Å². The molecule has 0 aliphatic carbocycles. The molecule has 3 aromatic rings. The summed E-state index contributed by atoms with van der Waals surface area (Å²) in [5.41, 5.74) is -0.0440. The minimum Gasteiger partial charge on any atom is -0.481 e. The predicted octanol–water partition coefficient (Wildman–Crippen LogP) is 4.14. The molecule has 1 amide bonds. The molecule has 1 aromatic carbocycles. The second kappa shape index (κ2) is 11.4. The van der Waals surface area contributed by atoms with Gasteiger partial charge in [0.15, 0.2) is 0 Å². The third-order valence-electron chi connectivity index (χ3n) is 4.75. The van der Waals surface area contributed by atoms with Crippen LogP contribution >= 0.6 is 0 Å². The average molecular weight is 555 g/mol. The molecule has 4 N–H and O–H groups in total. The van der Waals surface area contributed by atoms with Crippen LogP contribution in [0, 0.1) is 6.92 Å². The first-order valence-electron chi connectivity index (χ1n) is 10.5. The molecule has 0 bridgehead atoms. The van der Waals surface area contributed by atoms with E-state index in [0.717, 1.165) is 17.8 Å². The lowest BCUT2D eigenvalue weighted by atomic mass is 10.1. The van der Waals surface area contributed by atoms with Gasteiger partial charge in [0.1, 0.15) is 11.4 Å². The van der Waals surface area contributed by atoms with Crippen molar-refractivity contribution in [1.29, 1.82) is 0 Å². The molecule has 0 saturated heterocycles. The maximum Gasteiger partial charge on any atom is 0.421 e. The van der Waals surface area contributed by atoms with E-state index in [1.165, 1.54) is 19.2 Å². The van der Waals surface area contributed by atoms with Crippen LogP contribution in [0.1, 0.15) is 16.7 Å². The van der Waals surface area contributed by atoms with Gasteiger partial charge in [-0.2, -0.15) is 26.6 Å². The number of halogens is 3. The molecule has 3 rings (SSSR count). The zero-order valence-corrected chi connectivity index (χ0v) is 20.6. The number of carbonyl (C=O) groups is 1. The molecular weight excluding hydrogens is 533 g/mol. The van der Waals surface area contributed by atoms with Crippen molar-refractivity contribution < 1.29 is 39.9 Å². The monoisotopic (exact) mass is 554 g/mol. The van der Waals surface area contributed by atoms with Crippen LogP contribution in [0.25, 0.3) is 0 Å². The highest BCUT2D eigenvalue weighted by atomic mass is 32.3. The average Bonchev–Trinajstić information content (AvgIpc) is 2.83. The molecule has 38 heavy (non-hydrogen) atoms. The molecule has 2 heterocycles. The fourth-order valence-electron chi connectivity index (χ4n) is 2.99. The summed E-state index contributed by atoms with van der Waals surface area (Å²) < 4.78 is 81.5. The summed E-state index contributed by atoms with van der Waals surface area (Å²) >= 11 is 0. The van der Waals surface area contributed by atoms with Crippen LogP contribution in [-0.4, -0.2) is 40.9 Å². The molecule has 12 nitrogen and oxygen atoms in total. The van der Waals surface area contributed by atoms with Gasteiger partial charge in [-0.1, -0.05) is 12.6 Å². The quantitative estimate of drug-likeness (QED) is 0.210. The van der Waals surface area contributed by atoms with Crippen LogP contribution in [0.3, 0.4) is 0 Å². The van der Waals surface area contributed by atoms with Gasteiger partial charge in [-0.05, 0) is 30.7 Å². The van der Waals surface area contributed by atoms with Crippen LogP contribution in [0.15, 0.2) is 49.3 Å². The second-order valence-electron chi connectivity index (χ2n) is 7.52. The number of rotatable bonds is 10. The van der Waals surface area contributed by atoms with E-state index in [1.54, 1.807) is 19.1 Å². The molecule has 0 unspecified atom stereocenters. The third-order valence-corrected chi connectivity index (χ3v) is 5.16. The van der Waals surface area contributed by atoms with Gasteiger partial charge in [-0.3, -0.25) is 9.35 Å². The van der Waals surface area contributed by atoms with E-state index >= 15 is 0 Å². The summed E-state index contributed by atoms with van der Waals surface area (Å²) in [7, 11) is -3.49. The van der Waals surface area contributed by atoms with Crippen molar-refractivity contribution in [3.8, 4) is 5.88 Å². The molecule has 2 aromatic heterocycles. The van der Waals surface area contributed by atoms with E-state index in [0.29, 0.717) is 6.20 Å². The Morgan fingerprint density at radius 3 is 2.50 bits per heavy atom. The van der Waals surface area contributed by atoms with Crippen LogP contribution in [0.2, 0.25) is 0 Å². The summed E-state index contributed by atoms with van der Waals surface area (Å²) in [6.45, 7) is 4.42. The van der Waals surface area contributed by atoms with Gasteiger partial charge < -0.3 is 20.7 Å². The van der Waals surface area contributed by atoms with Gasteiger partial charge in [-0.15, -0.1) is 0 Å². The number of alkyl halides is 3. The minimum atomic E-state index is -4.84. The summed E-state index contributed by atoms with van der Waals surface area (Å²) in [6, 6.07) is 5.91. The van der Waals surface area contributed by atoms with Crippen LogP contribution in [-0.2, 0) is 32.2 Å². The van der Waals surface area contributed by atoms with E-state index in [2.05, 4.69) is 41.7 Å². The van der Waals surface area contributed by atoms with Crippen molar-refractivity contribution in [2.75, 3.05) is 23.1 Å². The molecule has 0 aliphatic rings. The standard InChI is InChI=1S/C22H21F3N6O6S/c1-4-18(32)28-17-7-12(2)5-6-15(17)29-20-14(22(23,24)25)10-27-21(31-20)30-16-8-19(36-3)26-9-13(16)11-37-38(33,34)35/h4-10H,1,11H2,2-3H3,(H,28,32)(H,33,34,35)(H2,26,27,29,30,31). The van der Waals surface area contributed by atoms with E-state index in [1.807, 2.05) is 0 Å². The Morgan fingerprint density at radius 2 is 1.87 bits per heavy atom. The number of hydrogen-bond acceptors (Lipinski definition) is 10. The van der Waals surface area contributed by atoms with Gasteiger partial charge in [-0.25, -0.2) is 14.2 Å². The molecule has 0 fully saturated rings. The van der Waals surface area contributed by atoms with Gasteiger partial charge >= 0.3 is 16.6 Å². The van der Waals surface area contributed by atoms with Crippen molar-refractivity contribution in [3.05, 3.63) is 66.0 Å². The number of nitrogens with zero attached hydrogens (tertiary/aromatic N) is 3. The molecule has 202 valence electrons. The number of pyridine rings is 1. The highest BCUT2D eigenvalue weighted by Gasteiger charge is 2.35. The van der Waals surface area contributed by atoms with Crippen molar-refractivity contribution >= 4 is 45.1 Å². The fraction of sp³-hybridized carbons (Fsp3) is 0.182. The Balaban J connectivity index is 2.03. The van der Waals surface area contributed by atoms with Crippen LogP contribution < -0.4 is 20.7 Å². The summed E-state index contributed by atoms with van der Waals surface area (Å²) in [4.78, 5) is 23.4. The minimum absolute atomic E-state index is 0.0654. The first-order chi connectivity index (χ1) is 17.8. The number of aryl methyl sites for hydroxylation is 1. The maximum absolute atomic E-state index is 13.8. The summed E-state index contributed by atoms with van der Waals surface area (Å²) in [6.07, 6.45) is -2.13. The third kappa shape index (κ3) is 7.61. The van der Waals surface area contributed by atoms with Crippen molar-refractivity contribution in [2.24, 2.45) is 0 Å². The summed E-state index contributed by atoms with van der Waals surface area (Å²) in [5, 5.41) is 7.76. The lowest BCUT2D eigenvalue weighted by Gasteiger charge is -2.18. The first kappa shape index (κ1) is 28.3. The maximum atomic E-state index is 13.8. The number of benzene rings is 1. The SMILES string of the molecule is C=CC(=O)Nc1cc(C)ccc1Nc1nc(Nc2cc(OC)ncc2COS(=O)(=O)O)ncc1C(F)(F)F. The Kier molecular flexibility index (Phi) is 8.49. The number of carbonyl (C=O) groups excluding carboxylic acids is 1. The Morgan fingerprint density at radius 1 is 1.13 bits per heavy atom. The number of aromatic nitrogens is 3. The highest BCUT2D eigenvalue weighted by molar-refractivity contribution is 7.80. The van der Waals surface area contributed by atoms with E-state index < -0.39 is 40.5 Å². The van der Waals surface area contributed by atoms with Gasteiger partial charge in [0, 0.05) is 24.0 Å². The molecule has 0 radical (unpaired) electrons. The van der Waals surface area contributed by atoms with E-state index in [9.17, 15) is 26.4 Å². The zero-order chi connectivity index (χ0) is 28.1. The van der Waals surface area contributed by atoms with Gasteiger partial charge in [0.05, 0.1) is 30.8 Å². The topological polar surface area (TPSA) is 165 Å². The van der Waals surface area contributed by atoms with Crippen molar-refractivity contribution in [3.63, 3.8) is 0 Å². The summed E-state index contributed by atoms with van der Waals surface area (Å²) in [5.74, 6) is -1.49. The molecular formula is C22H21F3N6O6S. The Hall–Kier alpha value is -4.28. The Bertz CT molecular complexity index is 1470. The normalized spacial score (nSPS) is 11.5.